The van der Waals surface area contributed by atoms with Crippen LogP contribution in [-0.4, -0.2) is 29.8 Å². The van der Waals surface area contributed by atoms with Crippen molar-refractivity contribution in [2.24, 2.45) is 0 Å². The lowest BCUT2D eigenvalue weighted by Crippen LogP contribution is -2.36. The zero-order valence-corrected chi connectivity index (χ0v) is 15.2. The average Bonchev–Trinajstić information content (AvgIpc) is 2.99. The van der Waals surface area contributed by atoms with Crippen molar-refractivity contribution in [1.29, 1.82) is 0 Å². The number of carbonyl (C=O) groups excluding carboxylic acids is 1. The molecule has 1 aromatic carbocycles. The van der Waals surface area contributed by atoms with Crippen LogP contribution in [-0.2, 0) is 6.42 Å². The van der Waals surface area contributed by atoms with Crippen molar-refractivity contribution in [3.8, 4) is 0 Å². The van der Waals surface area contributed by atoms with E-state index in [1.807, 2.05) is 12.1 Å². The summed E-state index contributed by atoms with van der Waals surface area (Å²) in [5.74, 6) is 0.254. The number of hydrogen-bond donors (Lipinski definition) is 0. The van der Waals surface area contributed by atoms with E-state index in [-0.39, 0.29) is 5.78 Å². The molecule has 0 spiro atoms. The van der Waals surface area contributed by atoms with Crippen molar-refractivity contribution in [1.82, 2.24) is 4.90 Å². The molecule has 0 unspecified atom stereocenters. The molecule has 2 aliphatic rings. The lowest BCUT2D eigenvalue weighted by Gasteiger charge is -2.33. The number of likely N-dealkylation sites (tertiary alicyclic amines) is 1. The van der Waals surface area contributed by atoms with Crippen molar-refractivity contribution in [2.75, 3.05) is 13.1 Å². The van der Waals surface area contributed by atoms with Gasteiger partial charge in [0.25, 0.3) is 0 Å². The van der Waals surface area contributed by atoms with Crippen LogP contribution >= 0.6 is 11.3 Å². The number of Topliss-reactive ketones (excluding diaryl/α,β-unsaturated/α-hetero) is 1. The molecule has 1 aliphatic heterocycles. The van der Waals surface area contributed by atoms with Gasteiger partial charge in [0.05, 0.1) is 0 Å². The first kappa shape index (κ1) is 15.8. The van der Waals surface area contributed by atoms with E-state index in [9.17, 15) is 4.79 Å². The molecule has 0 N–H and O–H groups in total. The zero-order chi connectivity index (χ0) is 16.7. The smallest absolute Gasteiger partial charge is 0.168 e. The summed E-state index contributed by atoms with van der Waals surface area (Å²) in [5.41, 5.74) is 6.21. The highest BCUT2D eigenvalue weighted by Crippen LogP contribution is 2.40. The van der Waals surface area contributed by atoms with Crippen molar-refractivity contribution >= 4 is 22.7 Å². The molecule has 1 fully saturated rings. The maximum absolute atomic E-state index is 12.7. The summed E-state index contributed by atoms with van der Waals surface area (Å²) in [4.78, 5) is 16.5. The molecular formula is C21H23NOS. The van der Waals surface area contributed by atoms with Crippen LogP contribution in [0.15, 0.2) is 41.3 Å². The molecule has 24 heavy (non-hydrogen) atoms. The molecule has 1 saturated heterocycles. The number of nitrogens with zero attached hydrogens (tertiary/aromatic N) is 1. The Hall–Kier alpha value is -1.71. The third-order valence-corrected chi connectivity index (χ3v) is 6.24. The number of ketones is 1. The van der Waals surface area contributed by atoms with E-state index in [0.717, 1.165) is 37.1 Å². The minimum atomic E-state index is 0.254. The van der Waals surface area contributed by atoms with E-state index in [1.54, 1.807) is 11.3 Å². The summed E-state index contributed by atoms with van der Waals surface area (Å²) in [6, 6.07) is 11.0. The Bertz CT molecular complexity index is 805. The number of piperidine rings is 1. The van der Waals surface area contributed by atoms with Gasteiger partial charge in [-0.15, -0.1) is 11.3 Å². The summed E-state index contributed by atoms with van der Waals surface area (Å²) in [5, 5.41) is 2.13. The summed E-state index contributed by atoms with van der Waals surface area (Å²) < 4.78 is 0. The molecule has 0 amide bonds. The number of carbonyl (C=O) groups is 1. The van der Waals surface area contributed by atoms with Crippen LogP contribution in [0.25, 0.3) is 5.57 Å². The molecule has 0 bridgehead atoms. The fourth-order valence-electron chi connectivity index (χ4n) is 3.97. The fourth-order valence-corrected chi connectivity index (χ4v) is 4.85. The van der Waals surface area contributed by atoms with Crippen LogP contribution in [0.1, 0.15) is 53.1 Å². The molecule has 0 atom stereocenters. The second-order valence-corrected chi connectivity index (χ2v) is 8.01. The minimum absolute atomic E-state index is 0.254. The van der Waals surface area contributed by atoms with E-state index in [1.165, 1.54) is 21.6 Å². The predicted octanol–water partition coefficient (Wildman–Crippen LogP) is 4.79. The van der Waals surface area contributed by atoms with Crippen LogP contribution in [0.2, 0.25) is 0 Å². The Morgan fingerprint density at radius 1 is 1.00 bits per heavy atom. The van der Waals surface area contributed by atoms with Gasteiger partial charge in [-0.1, -0.05) is 29.8 Å². The Kier molecular flexibility index (Phi) is 4.15. The SMILES string of the molecule is CC(C)N1CCC(=C2c3ccccc3C(=O)Cc3sccc32)CC1. The van der Waals surface area contributed by atoms with Gasteiger partial charge in [-0.05, 0) is 54.8 Å². The van der Waals surface area contributed by atoms with Gasteiger partial charge in [-0.25, -0.2) is 0 Å². The van der Waals surface area contributed by atoms with E-state index in [2.05, 4.69) is 42.3 Å². The lowest BCUT2D eigenvalue weighted by molar-refractivity contribution is 0.0994. The molecule has 2 aromatic rings. The molecular weight excluding hydrogens is 314 g/mol. The Morgan fingerprint density at radius 3 is 2.42 bits per heavy atom. The molecule has 4 rings (SSSR count). The monoisotopic (exact) mass is 337 g/mol. The van der Waals surface area contributed by atoms with E-state index in [0.29, 0.717) is 12.5 Å². The molecule has 3 heteroatoms. The summed E-state index contributed by atoms with van der Waals surface area (Å²) >= 11 is 1.72. The van der Waals surface area contributed by atoms with Crippen LogP contribution in [0.4, 0.5) is 0 Å². The van der Waals surface area contributed by atoms with Gasteiger partial charge in [0, 0.05) is 36.0 Å². The highest BCUT2D eigenvalue weighted by molar-refractivity contribution is 7.10. The number of rotatable bonds is 1. The van der Waals surface area contributed by atoms with Crippen LogP contribution < -0.4 is 0 Å². The van der Waals surface area contributed by atoms with Crippen molar-refractivity contribution < 1.29 is 4.79 Å². The van der Waals surface area contributed by atoms with E-state index < -0.39 is 0 Å². The second kappa shape index (κ2) is 6.30. The van der Waals surface area contributed by atoms with Crippen molar-refractivity contribution in [3.63, 3.8) is 0 Å². The van der Waals surface area contributed by atoms with Gasteiger partial charge in [0.2, 0.25) is 0 Å². The second-order valence-electron chi connectivity index (χ2n) is 7.01. The largest absolute Gasteiger partial charge is 0.300 e. The predicted molar refractivity (Wildman–Crippen MR) is 101 cm³/mol. The molecule has 1 aromatic heterocycles. The molecule has 124 valence electrons. The summed E-state index contributed by atoms with van der Waals surface area (Å²) in [6.45, 7) is 6.78. The fraction of sp³-hybridized carbons (Fsp3) is 0.381. The van der Waals surface area contributed by atoms with Gasteiger partial charge >= 0.3 is 0 Å². The molecule has 0 radical (unpaired) electrons. The lowest BCUT2D eigenvalue weighted by atomic mass is 9.87. The quantitative estimate of drug-likeness (QED) is 0.745. The third-order valence-electron chi connectivity index (χ3n) is 5.32. The van der Waals surface area contributed by atoms with Gasteiger partial charge in [0.1, 0.15) is 0 Å². The number of benzene rings is 1. The molecule has 1 aliphatic carbocycles. The van der Waals surface area contributed by atoms with Gasteiger partial charge in [-0.2, -0.15) is 0 Å². The van der Waals surface area contributed by atoms with Crippen LogP contribution in [0, 0.1) is 0 Å². The van der Waals surface area contributed by atoms with E-state index >= 15 is 0 Å². The van der Waals surface area contributed by atoms with Crippen LogP contribution in [0.3, 0.4) is 0 Å². The third kappa shape index (κ3) is 2.66. The highest BCUT2D eigenvalue weighted by atomic mass is 32.1. The number of fused-ring (bicyclic) bond motifs is 2. The Balaban J connectivity index is 1.85. The van der Waals surface area contributed by atoms with Crippen molar-refractivity contribution in [3.05, 3.63) is 62.9 Å². The first-order valence-corrected chi connectivity index (χ1v) is 9.68. The maximum atomic E-state index is 12.7. The maximum Gasteiger partial charge on any atom is 0.168 e. The Labute approximate surface area is 147 Å². The highest BCUT2D eigenvalue weighted by Gasteiger charge is 2.27. The normalized spacial score (nSPS) is 18.5. The summed E-state index contributed by atoms with van der Waals surface area (Å²) in [7, 11) is 0. The van der Waals surface area contributed by atoms with Crippen LogP contribution in [0.5, 0.6) is 0 Å². The standard InChI is InChI=1S/C21H23NOS/c1-14(2)22-10-7-15(8-11-22)21-17-6-4-3-5-16(17)19(23)13-20-18(21)9-12-24-20/h3-6,9,12,14H,7-8,10-11,13H2,1-2H3. The molecule has 2 heterocycles. The topological polar surface area (TPSA) is 20.3 Å². The first-order chi connectivity index (χ1) is 11.6. The van der Waals surface area contributed by atoms with Gasteiger partial charge in [-0.3, -0.25) is 4.79 Å². The average molecular weight is 337 g/mol. The zero-order valence-electron chi connectivity index (χ0n) is 14.3. The number of thiophene rings is 1. The molecule has 2 nitrogen and oxygen atoms in total. The van der Waals surface area contributed by atoms with E-state index in [4.69, 9.17) is 0 Å². The number of hydrogen-bond acceptors (Lipinski definition) is 3. The Morgan fingerprint density at radius 2 is 1.71 bits per heavy atom. The summed E-state index contributed by atoms with van der Waals surface area (Å²) in [6.07, 6.45) is 2.75. The minimum Gasteiger partial charge on any atom is -0.300 e. The van der Waals surface area contributed by atoms with Gasteiger partial charge < -0.3 is 4.90 Å². The first-order valence-electron chi connectivity index (χ1n) is 8.80. The van der Waals surface area contributed by atoms with Crippen molar-refractivity contribution in [2.45, 2.75) is 39.2 Å². The molecule has 0 saturated carbocycles. The van der Waals surface area contributed by atoms with Gasteiger partial charge in [0.15, 0.2) is 5.78 Å².